The Morgan fingerprint density at radius 2 is 0.806 bits per heavy atom. The lowest BCUT2D eigenvalue weighted by Gasteiger charge is -2.14. The van der Waals surface area contributed by atoms with Gasteiger partial charge in [-0.3, -0.25) is 0 Å². The molecule has 7 rings (SSSR count). The highest BCUT2D eigenvalue weighted by Gasteiger charge is 2.16. The second-order valence-corrected chi connectivity index (χ2v) is 8.01. The molecule has 0 saturated carbocycles. The number of para-hydroxylation sites is 2. The van der Waals surface area contributed by atoms with E-state index < -0.39 is 0 Å². The van der Waals surface area contributed by atoms with Crippen molar-refractivity contribution in [3.05, 3.63) is 97.1 Å². The summed E-state index contributed by atoms with van der Waals surface area (Å²) in [7, 11) is 0. The smallest absolute Gasteiger partial charge is 0.325 e. The molecular weight excluding hydrogens is 456 g/mol. The molecule has 2 aromatic heterocycles. The van der Waals surface area contributed by atoms with Crippen molar-refractivity contribution < 1.29 is 18.9 Å². The minimum absolute atomic E-state index is 0.148. The third-order valence-corrected chi connectivity index (χ3v) is 5.55. The summed E-state index contributed by atoms with van der Waals surface area (Å²) < 4.78 is 24.4. The van der Waals surface area contributed by atoms with Gasteiger partial charge in [0.15, 0.2) is 0 Å². The topological polar surface area (TPSA) is 88.5 Å². The van der Waals surface area contributed by atoms with Crippen LogP contribution in [0.4, 0.5) is 0 Å². The molecule has 4 aromatic carbocycles. The molecule has 0 aliphatic carbocycles. The average Bonchev–Trinajstić information content (AvgIpc) is 2.89. The molecular formula is C28H16N4O4. The quantitative estimate of drug-likeness (QED) is 0.232. The third kappa shape index (κ3) is 3.76. The van der Waals surface area contributed by atoms with E-state index in [1.54, 1.807) is 24.3 Å². The van der Waals surface area contributed by atoms with E-state index in [4.69, 9.17) is 18.9 Å². The summed E-state index contributed by atoms with van der Waals surface area (Å²) in [6, 6.07) is 29.8. The summed E-state index contributed by atoms with van der Waals surface area (Å²) in [5.74, 6) is 2.76. The lowest BCUT2D eigenvalue weighted by Crippen LogP contribution is -1.99. The van der Waals surface area contributed by atoms with Crippen LogP contribution < -0.4 is 18.9 Å². The minimum Gasteiger partial charge on any atom is -0.438 e. The molecule has 0 radical (unpaired) electrons. The fraction of sp³-hybridized carbons (Fsp3) is 0. The van der Waals surface area contributed by atoms with E-state index in [-0.39, 0.29) is 12.0 Å². The van der Waals surface area contributed by atoms with Crippen LogP contribution in [0.25, 0.3) is 21.8 Å². The predicted molar refractivity (Wildman–Crippen MR) is 132 cm³/mol. The van der Waals surface area contributed by atoms with Crippen LogP contribution in [-0.4, -0.2) is 19.9 Å². The van der Waals surface area contributed by atoms with Crippen LogP contribution in [0.5, 0.6) is 46.8 Å². The molecule has 0 N–H and O–H groups in total. The first-order chi connectivity index (χ1) is 17.8. The van der Waals surface area contributed by atoms with E-state index in [1.165, 1.54) is 0 Å². The fourth-order valence-electron chi connectivity index (χ4n) is 3.94. The van der Waals surface area contributed by atoms with E-state index in [1.807, 2.05) is 72.8 Å². The molecule has 0 fully saturated rings. The second kappa shape index (κ2) is 8.21. The lowest BCUT2D eigenvalue weighted by molar-refractivity contribution is 0.399. The summed E-state index contributed by atoms with van der Waals surface area (Å²) in [6.45, 7) is 0. The van der Waals surface area contributed by atoms with Crippen molar-refractivity contribution >= 4 is 21.8 Å². The molecule has 0 saturated heterocycles. The number of fused-ring (bicyclic) bond motifs is 12. The molecule has 6 aromatic rings. The molecule has 3 heterocycles. The molecule has 1 aliphatic rings. The van der Waals surface area contributed by atoms with Crippen molar-refractivity contribution in [1.82, 2.24) is 19.9 Å². The van der Waals surface area contributed by atoms with Crippen LogP contribution >= 0.6 is 0 Å². The standard InChI is InChI=1S/C28H16N4O4/c1-3-13-23-21(11-1)25-31-27(29-23)35-20-10-6-8-18(16-20)34-26-22-12-2-4-14-24(22)30-28(32-26)36-19-9-5-7-17(15-19)33-25/h1-16H. The zero-order valence-corrected chi connectivity index (χ0v) is 18.7. The average molecular weight is 472 g/mol. The molecule has 8 nitrogen and oxygen atoms in total. The number of ether oxygens (including phenoxy) is 4. The van der Waals surface area contributed by atoms with E-state index >= 15 is 0 Å². The Hall–Kier alpha value is -5.24. The summed E-state index contributed by atoms with van der Waals surface area (Å²) in [4.78, 5) is 18.2. The van der Waals surface area contributed by atoms with E-state index in [2.05, 4.69) is 19.9 Å². The highest BCUT2D eigenvalue weighted by atomic mass is 16.5. The molecule has 8 bridgehead atoms. The number of benzene rings is 4. The Balaban J connectivity index is 1.43. The molecule has 36 heavy (non-hydrogen) atoms. The van der Waals surface area contributed by atoms with Gasteiger partial charge >= 0.3 is 12.0 Å². The Labute approximate surface area is 204 Å². The highest BCUT2D eigenvalue weighted by Crippen LogP contribution is 2.36. The number of aromatic nitrogens is 4. The van der Waals surface area contributed by atoms with Gasteiger partial charge in [0.25, 0.3) is 0 Å². The van der Waals surface area contributed by atoms with Gasteiger partial charge in [-0.05, 0) is 48.5 Å². The SMILES string of the molecule is c1cc2cc(c1)Oc1nc(nc3ccccc13)Oc1cccc(c1)Oc1nc(nc3ccccc13)O2. The van der Waals surface area contributed by atoms with Crippen LogP contribution in [0.15, 0.2) is 97.1 Å². The van der Waals surface area contributed by atoms with Crippen molar-refractivity contribution in [2.24, 2.45) is 0 Å². The van der Waals surface area contributed by atoms with Crippen LogP contribution in [0.2, 0.25) is 0 Å². The first-order valence-electron chi connectivity index (χ1n) is 11.2. The maximum Gasteiger partial charge on any atom is 0.325 e. The van der Waals surface area contributed by atoms with Crippen molar-refractivity contribution in [2.45, 2.75) is 0 Å². The van der Waals surface area contributed by atoms with Crippen molar-refractivity contribution in [2.75, 3.05) is 0 Å². The molecule has 0 atom stereocenters. The number of nitrogens with zero attached hydrogens (tertiary/aromatic N) is 4. The Kier molecular flexibility index (Phi) is 4.60. The van der Waals surface area contributed by atoms with Gasteiger partial charge in [-0.2, -0.15) is 19.9 Å². The minimum atomic E-state index is 0.148. The van der Waals surface area contributed by atoms with Crippen molar-refractivity contribution in [3.63, 3.8) is 0 Å². The van der Waals surface area contributed by atoms with Crippen LogP contribution in [-0.2, 0) is 0 Å². The van der Waals surface area contributed by atoms with E-state index in [9.17, 15) is 0 Å². The highest BCUT2D eigenvalue weighted by molar-refractivity contribution is 5.84. The molecule has 1 aliphatic heterocycles. The summed E-state index contributed by atoms with van der Waals surface area (Å²) in [5, 5.41) is 1.49. The summed E-state index contributed by atoms with van der Waals surface area (Å²) in [6.07, 6.45) is 0. The van der Waals surface area contributed by atoms with Crippen molar-refractivity contribution in [3.8, 4) is 46.8 Å². The zero-order chi connectivity index (χ0) is 23.9. The molecule has 0 spiro atoms. The summed E-state index contributed by atoms with van der Waals surface area (Å²) >= 11 is 0. The number of rotatable bonds is 0. The van der Waals surface area contributed by atoms with Gasteiger partial charge in [0.2, 0.25) is 11.8 Å². The predicted octanol–water partition coefficient (Wildman–Crippen LogP) is 7.06. The monoisotopic (exact) mass is 472 g/mol. The maximum atomic E-state index is 6.18. The Morgan fingerprint density at radius 3 is 1.28 bits per heavy atom. The van der Waals surface area contributed by atoms with Gasteiger partial charge in [-0.1, -0.05) is 36.4 Å². The Morgan fingerprint density at radius 1 is 0.389 bits per heavy atom. The molecule has 0 amide bonds. The van der Waals surface area contributed by atoms with Crippen LogP contribution in [0.3, 0.4) is 0 Å². The molecule has 172 valence electrons. The van der Waals surface area contributed by atoms with Gasteiger partial charge in [-0.25, -0.2) is 0 Å². The summed E-state index contributed by atoms with van der Waals surface area (Å²) in [5.41, 5.74) is 1.38. The van der Waals surface area contributed by atoms with Crippen LogP contribution in [0, 0.1) is 0 Å². The van der Waals surface area contributed by atoms with Gasteiger partial charge in [0, 0.05) is 12.1 Å². The normalized spacial score (nSPS) is 12.2. The van der Waals surface area contributed by atoms with Crippen molar-refractivity contribution in [1.29, 1.82) is 0 Å². The lowest BCUT2D eigenvalue weighted by atomic mass is 10.2. The van der Waals surface area contributed by atoms with E-state index in [0.717, 1.165) is 10.8 Å². The first kappa shape index (κ1) is 20.2. The maximum absolute atomic E-state index is 6.18. The van der Waals surface area contributed by atoms with Gasteiger partial charge < -0.3 is 18.9 Å². The number of hydrogen-bond donors (Lipinski definition) is 0. The molecule has 8 heteroatoms. The third-order valence-electron chi connectivity index (χ3n) is 5.55. The largest absolute Gasteiger partial charge is 0.438 e. The first-order valence-corrected chi connectivity index (χ1v) is 11.2. The van der Waals surface area contributed by atoms with Gasteiger partial charge in [0.1, 0.15) is 23.0 Å². The fourth-order valence-corrected chi connectivity index (χ4v) is 3.94. The van der Waals surface area contributed by atoms with Crippen LogP contribution in [0.1, 0.15) is 0 Å². The zero-order valence-electron chi connectivity index (χ0n) is 18.7. The van der Waals surface area contributed by atoms with Gasteiger partial charge in [0.05, 0.1) is 21.8 Å². The Bertz CT molecular complexity index is 1640. The second-order valence-electron chi connectivity index (χ2n) is 8.01. The molecule has 0 unspecified atom stereocenters. The van der Waals surface area contributed by atoms with E-state index in [0.29, 0.717) is 45.8 Å². The number of hydrogen-bond acceptors (Lipinski definition) is 8. The van der Waals surface area contributed by atoms with Gasteiger partial charge in [-0.15, -0.1) is 0 Å².